The predicted molar refractivity (Wildman–Crippen MR) is 93.0 cm³/mol. The van der Waals surface area contributed by atoms with Crippen molar-refractivity contribution in [3.8, 4) is 0 Å². The van der Waals surface area contributed by atoms with E-state index < -0.39 is 0 Å². The maximum Gasteiger partial charge on any atom is 0.270 e. The lowest BCUT2D eigenvalue weighted by atomic mass is 10.1. The fraction of sp³-hybridized carbons (Fsp3) is 0.444. The lowest BCUT2D eigenvalue weighted by Gasteiger charge is -2.19. The molecule has 1 aliphatic rings. The number of hydrogen-bond acceptors (Lipinski definition) is 4. The number of rotatable bonds is 7. The summed E-state index contributed by atoms with van der Waals surface area (Å²) in [5, 5.41) is 12.5. The van der Waals surface area contributed by atoms with Crippen molar-refractivity contribution in [1.82, 2.24) is 25.8 Å². The molecule has 25 heavy (non-hydrogen) atoms. The maximum absolute atomic E-state index is 12.5. The van der Waals surface area contributed by atoms with Crippen LogP contribution in [-0.2, 0) is 11.2 Å². The minimum absolute atomic E-state index is 0.0688. The number of aromatic nitrogens is 3. The highest BCUT2D eigenvalue weighted by Gasteiger charge is 2.33. The minimum Gasteiger partial charge on any atom is -0.354 e. The van der Waals surface area contributed by atoms with E-state index in [0.717, 1.165) is 29.7 Å². The van der Waals surface area contributed by atoms with Crippen molar-refractivity contribution in [2.45, 2.75) is 39.2 Å². The summed E-state index contributed by atoms with van der Waals surface area (Å²) >= 11 is 0. The van der Waals surface area contributed by atoms with E-state index in [9.17, 15) is 9.59 Å². The van der Waals surface area contributed by atoms with Crippen LogP contribution in [0.5, 0.6) is 0 Å². The van der Waals surface area contributed by atoms with Crippen LogP contribution in [0.2, 0.25) is 0 Å². The SMILES string of the molecule is Cc1cnc(C(=O)NC(CNC(=O)Cc2ccn[nH]2)C2CC2)c(C)c1. The summed E-state index contributed by atoms with van der Waals surface area (Å²) in [5.74, 6) is 0.146. The molecule has 2 aromatic rings. The van der Waals surface area contributed by atoms with E-state index in [0.29, 0.717) is 18.2 Å². The van der Waals surface area contributed by atoms with Crippen molar-refractivity contribution in [1.29, 1.82) is 0 Å². The van der Waals surface area contributed by atoms with Crippen LogP contribution >= 0.6 is 0 Å². The fourth-order valence-corrected chi connectivity index (χ4v) is 2.87. The molecule has 0 aliphatic heterocycles. The first-order valence-corrected chi connectivity index (χ1v) is 8.52. The third-order valence-corrected chi connectivity index (χ3v) is 4.37. The molecule has 132 valence electrons. The Morgan fingerprint density at radius 3 is 2.80 bits per heavy atom. The molecule has 3 rings (SSSR count). The van der Waals surface area contributed by atoms with Gasteiger partial charge in [0.2, 0.25) is 5.91 Å². The molecule has 1 atom stereocenters. The summed E-state index contributed by atoms with van der Waals surface area (Å²) in [4.78, 5) is 28.8. The fourth-order valence-electron chi connectivity index (χ4n) is 2.87. The Bertz CT molecular complexity index is 753. The molecule has 2 amide bonds. The molecule has 2 heterocycles. The van der Waals surface area contributed by atoms with Gasteiger partial charge in [-0.15, -0.1) is 0 Å². The first kappa shape index (κ1) is 17.1. The standard InChI is InChI=1S/C18H23N5O2/c1-11-7-12(2)17(20-9-11)18(25)22-15(13-3-4-13)10-19-16(24)8-14-5-6-21-23-14/h5-7,9,13,15H,3-4,8,10H2,1-2H3,(H,19,24)(H,21,23)(H,22,25). The quantitative estimate of drug-likeness (QED) is 0.706. The molecule has 0 radical (unpaired) electrons. The van der Waals surface area contributed by atoms with Gasteiger partial charge in [-0.3, -0.25) is 19.7 Å². The number of H-pyrrole nitrogens is 1. The molecule has 0 saturated heterocycles. The highest BCUT2D eigenvalue weighted by molar-refractivity contribution is 5.94. The Hall–Kier alpha value is -2.70. The van der Waals surface area contributed by atoms with Crippen LogP contribution in [0.1, 0.15) is 40.2 Å². The van der Waals surface area contributed by atoms with Gasteiger partial charge in [0.15, 0.2) is 0 Å². The Morgan fingerprint density at radius 2 is 2.16 bits per heavy atom. The summed E-state index contributed by atoms with van der Waals surface area (Å²) in [7, 11) is 0. The second-order valence-corrected chi connectivity index (χ2v) is 6.66. The average molecular weight is 341 g/mol. The van der Waals surface area contributed by atoms with E-state index in [1.165, 1.54) is 0 Å². The van der Waals surface area contributed by atoms with Gasteiger partial charge in [0.1, 0.15) is 5.69 Å². The van der Waals surface area contributed by atoms with Gasteiger partial charge in [-0.25, -0.2) is 0 Å². The largest absolute Gasteiger partial charge is 0.354 e. The number of carbonyl (C=O) groups excluding carboxylic acids is 2. The molecule has 0 aromatic carbocycles. The van der Waals surface area contributed by atoms with Crippen LogP contribution in [0, 0.1) is 19.8 Å². The lowest BCUT2D eigenvalue weighted by Crippen LogP contribution is -2.45. The van der Waals surface area contributed by atoms with Crippen LogP contribution in [0.4, 0.5) is 0 Å². The van der Waals surface area contributed by atoms with E-state index in [-0.39, 0.29) is 24.3 Å². The molecule has 0 spiro atoms. The minimum atomic E-state index is -0.183. The van der Waals surface area contributed by atoms with Crippen molar-refractivity contribution < 1.29 is 9.59 Å². The zero-order chi connectivity index (χ0) is 17.8. The molecular formula is C18H23N5O2. The van der Waals surface area contributed by atoms with Crippen LogP contribution in [0.15, 0.2) is 24.5 Å². The smallest absolute Gasteiger partial charge is 0.270 e. The van der Waals surface area contributed by atoms with Gasteiger partial charge in [-0.2, -0.15) is 5.10 Å². The summed E-state index contributed by atoms with van der Waals surface area (Å²) in [6.07, 6.45) is 5.71. The molecule has 1 saturated carbocycles. The third kappa shape index (κ3) is 4.65. The number of aryl methyl sites for hydroxylation is 2. The lowest BCUT2D eigenvalue weighted by molar-refractivity contribution is -0.120. The van der Waals surface area contributed by atoms with Gasteiger partial charge >= 0.3 is 0 Å². The Balaban J connectivity index is 1.56. The second-order valence-electron chi connectivity index (χ2n) is 6.66. The number of hydrogen-bond donors (Lipinski definition) is 3. The van der Waals surface area contributed by atoms with Crippen LogP contribution in [0.3, 0.4) is 0 Å². The molecule has 1 aliphatic carbocycles. The van der Waals surface area contributed by atoms with Gasteiger partial charge in [-0.1, -0.05) is 6.07 Å². The molecule has 3 N–H and O–H groups in total. The highest BCUT2D eigenvalue weighted by Crippen LogP contribution is 2.32. The zero-order valence-electron chi connectivity index (χ0n) is 14.5. The summed E-state index contributed by atoms with van der Waals surface area (Å²) in [5.41, 5.74) is 3.10. The van der Waals surface area contributed by atoms with Crippen molar-refractivity contribution in [2.75, 3.05) is 6.54 Å². The molecule has 7 heteroatoms. The number of nitrogens with zero attached hydrogens (tertiary/aromatic N) is 2. The molecule has 0 bridgehead atoms. The number of aromatic amines is 1. The number of nitrogens with one attached hydrogen (secondary N) is 3. The van der Waals surface area contributed by atoms with Gasteiger partial charge < -0.3 is 10.6 Å². The molecule has 1 unspecified atom stereocenters. The maximum atomic E-state index is 12.5. The normalized spacial score (nSPS) is 14.8. The van der Waals surface area contributed by atoms with Gasteiger partial charge in [0.25, 0.3) is 5.91 Å². The van der Waals surface area contributed by atoms with Gasteiger partial charge in [-0.05, 0) is 49.8 Å². The molecule has 7 nitrogen and oxygen atoms in total. The predicted octanol–water partition coefficient (Wildman–Crippen LogP) is 1.29. The van der Waals surface area contributed by atoms with E-state index >= 15 is 0 Å². The van der Waals surface area contributed by atoms with Gasteiger partial charge in [0, 0.05) is 30.7 Å². The zero-order valence-corrected chi connectivity index (χ0v) is 14.5. The summed E-state index contributed by atoms with van der Waals surface area (Å²) in [6, 6.07) is 3.65. The second kappa shape index (κ2) is 7.46. The van der Waals surface area contributed by atoms with Crippen molar-refractivity contribution >= 4 is 11.8 Å². The number of amides is 2. The van der Waals surface area contributed by atoms with Crippen LogP contribution in [-0.4, -0.2) is 39.6 Å². The van der Waals surface area contributed by atoms with Crippen molar-refractivity contribution in [2.24, 2.45) is 5.92 Å². The molecule has 1 fully saturated rings. The summed E-state index contributed by atoms with van der Waals surface area (Å²) in [6.45, 7) is 4.26. The van der Waals surface area contributed by atoms with Crippen molar-refractivity contribution in [3.05, 3.63) is 47.0 Å². The van der Waals surface area contributed by atoms with Crippen molar-refractivity contribution in [3.63, 3.8) is 0 Å². The number of pyridine rings is 1. The van der Waals surface area contributed by atoms with E-state index in [2.05, 4.69) is 25.8 Å². The Kier molecular flexibility index (Phi) is 5.11. The Labute approximate surface area is 146 Å². The first-order valence-electron chi connectivity index (χ1n) is 8.52. The highest BCUT2D eigenvalue weighted by atomic mass is 16.2. The number of carbonyl (C=O) groups is 2. The van der Waals surface area contributed by atoms with E-state index in [4.69, 9.17) is 0 Å². The Morgan fingerprint density at radius 1 is 1.36 bits per heavy atom. The summed E-state index contributed by atoms with van der Waals surface area (Å²) < 4.78 is 0. The molecule has 2 aromatic heterocycles. The van der Waals surface area contributed by atoms with Gasteiger partial charge in [0.05, 0.1) is 6.42 Å². The van der Waals surface area contributed by atoms with Crippen LogP contribution < -0.4 is 10.6 Å². The topological polar surface area (TPSA) is 99.8 Å². The average Bonchev–Trinajstić information content (AvgIpc) is 3.29. The first-order chi connectivity index (χ1) is 12.0. The third-order valence-electron chi connectivity index (χ3n) is 4.37. The van der Waals surface area contributed by atoms with E-state index in [1.807, 2.05) is 19.9 Å². The van der Waals surface area contributed by atoms with E-state index in [1.54, 1.807) is 18.5 Å². The monoisotopic (exact) mass is 341 g/mol. The van der Waals surface area contributed by atoms with Crippen LogP contribution in [0.25, 0.3) is 0 Å². The molecular weight excluding hydrogens is 318 g/mol.